The van der Waals surface area contributed by atoms with Crippen molar-refractivity contribution in [3.8, 4) is 0 Å². The van der Waals surface area contributed by atoms with Gasteiger partial charge in [0.15, 0.2) is 0 Å². The van der Waals surface area contributed by atoms with Gasteiger partial charge < -0.3 is 15.7 Å². The highest BCUT2D eigenvalue weighted by Crippen LogP contribution is 2.25. The second-order valence-electron chi connectivity index (χ2n) is 7.78. The lowest BCUT2D eigenvalue weighted by molar-refractivity contribution is -0.139. The number of aliphatic carboxylic acids is 1. The first-order valence-electron chi connectivity index (χ1n) is 10.7. The van der Waals surface area contributed by atoms with Crippen LogP contribution < -0.4 is 10.6 Å². The first-order valence-corrected chi connectivity index (χ1v) is 11.8. The van der Waals surface area contributed by atoms with E-state index in [4.69, 9.17) is 35.4 Å². The minimum absolute atomic E-state index is 0.196. The summed E-state index contributed by atoms with van der Waals surface area (Å²) in [6.07, 6.45) is 1.01. The molecule has 0 saturated carbocycles. The van der Waals surface area contributed by atoms with Crippen LogP contribution >= 0.6 is 35.4 Å². The van der Waals surface area contributed by atoms with Crippen molar-refractivity contribution in [3.63, 3.8) is 0 Å². The van der Waals surface area contributed by atoms with Crippen molar-refractivity contribution >= 4 is 58.0 Å². The molecule has 3 rings (SSSR count). The zero-order valence-corrected chi connectivity index (χ0v) is 21.0. The lowest BCUT2D eigenvalue weighted by Gasteiger charge is -2.20. The number of rotatable bonds is 8. The van der Waals surface area contributed by atoms with Crippen molar-refractivity contribution in [2.24, 2.45) is 0 Å². The van der Waals surface area contributed by atoms with Gasteiger partial charge in [-0.05, 0) is 54.3 Å². The second kappa shape index (κ2) is 11.5. The molecule has 5 nitrogen and oxygen atoms in total. The van der Waals surface area contributed by atoms with Crippen LogP contribution in [0.1, 0.15) is 39.5 Å². The Morgan fingerprint density at radius 3 is 2.18 bits per heavy atom. The summed E-state index contributed by atoms with van der Waals surface area (Å²) in [6, 6.07) is 16.8. The number of carbonyl (C=O) groups excluding carboxylic acids is 1. The van der Waals surface area contributed by atoms with Crippen molar-refractivity contribution in [1.29, 1.82) is 0 Å². The minimum Gasteiger partial charge on any atom is -0.480 e. The number of hydrogen-bond donors (Lipinski definition) is 3. The molecule has 0 bridgehead atoms. The molecule has 0 unspecified atom stereocenters. The topological polar surface area (TPSA) is 78.4 Å². The third-order valence-corrected chi connectivity index (χ3v) is 6.36. The fourth-order valence-electron chi connectivity index (χ4n) is 3.65. The van der Waals surface area contributed by atoms with Crippen LogP contribution in [0.25, 0.3) is 0 Å². The fourth-order valence-corrected chi connectivity index (χ4v) is 4.65. The van der Waals surface area contributed by atoms with E-state index in [0.29, 0.717) is 10.7 Å². The molecule has 3 N–H and O–H groups in total. The quantitative estimate of drug-likeness (QED) is 0.317. The van der Waals surface area contributed by atoms with Crippen molar-refractivity contribution in [2.45, 2.75) is 32.7 Å². The summed E-state index contributed by atoms with van der Waals surface area (Å²) in [6.45, 7) is 4.00. The number of anilines is 1. The van der Waals surface area contributed by atoms with E-state index in [-0.39, 0.29) is 22.0 Å². The van der Waals surface area contributed by atoms with Gasteiger partial charge in [0, 0.05) is 17.7 Å². The molecule has 176 valence electrons. The number of amides is 1. The van der Waals surface area contributed by atoms with Gasteiger partial charge in [-0.1, -0.05) is 78.7 Å². The van der Waals surface area contributed by atoms with E-state index in [9.17, 15) is 14.7 Å². The number of thiocarbonyl (C=S) groups is 1. The Kier molecular flexibility index (Phi) is 8.67. The standard InChI is InChI=1S/C26H24Cl2N2O3S/c1-3-17-7-4-6-15(2)22(17)25(34)30-21(26(32)33)14-16-10-12-18(13-11-16)29-24(31)23-19(27)8-5-9-20(23)28/h4-13,21H,3,14H2,1-2H3,(H,29,31)(H,30,34)(H,32,33)/t21-/m0/s1. The monoisotopic (exact) mass is 514 g/mol. The average Bonchev–Trinajstić information content (AvgIpc) is 2.79. The normalized spacial score (nSPS) is 11.5. The van der Waals surface area contributed by atoms with Crippen LogP contribution in [-0.4, -0.2) is 28.0 Å². The van der Waals surface area contributed by atoms with E-state index in [1.807, 2.05) is 32.0 Å². The Balaban J connectivity index is 1.71. The molecular formula is C26H24Cl2N2O3S. The summed E-state index contributed by atoms with van der Waals surface area (Å²) in [5, 5.41) is 16.1. The highest BCUT2D eigenvalue weighted by atomic mass is 35.5. The molecule has 0 fully saturated rings. The first-order chi connectivity index (χ1) is 16.2. The van der Waals surface area contributed by atoms with Gasteiger partial charge >= 0.3 is 5.97 Å². The number of benzene rings is 3. The lowest BCUT2D eigenvalue weighted by atomic mass is 9.99. The number of hydrogen-bond acceptors (Lipinski definition) is 3. The van der Waals surface area contributed by atoms with Gasteiger partial charge in [0.25, 0.3) is 5.91 Å². The van der Waals surface area contributed by atoms with E-state index in [1.54, 1.807) is 42.5 Å². The number of carboxylic acids is 1. The van der Waals surface area contributed by atoms with Crippen LogP contribution in [0.15, 0.2) is 60.7 Å². The van der Waals surface area contributed by atoms with E-state index in [1.165, 1.54) is 0 Å². The first kappa shape index (κ1) is 25.7. The molecule has 1 amide bonds. The molecule has 0 heterocycles. The second-order valence-corrected chi connectivity index (χ2v) is 9.00. The SMILES string of the molecule is CCc1cccc(C)c1C(=S)N[C@@H](Cc1ccc(NC(=O)c2c(Cl)cccc2Cl)cc1)C(=O)O. The predicted molar refractivity (Wildman–Crippen MR) is 141 cm³/mol. The van der Waals surface area contributed by atoms with Crippen LogP contribution in [0.4, 0.5) is 5.69 Å². The Morgan fingerprint density at radius 1 is 0.971 bits per heavy atom. The molecule has 0 spiro atoms. The lowest BCUT2D eigenvalue weighted by Crippen LogP contribution is -2.42. The largest absolute Gasteiger partial charge is 0.480 e. The summed E-state index contributed by atoms with van der Waals surface area (Å²) in [4.78, 5) is 24.9. The van der Waals surface area contributed by atoms with E-state index < -0.39 is 17.9 Å². The van der Waals surface area contributed by atoms with Gasteiger partial charge in [0.05, 0.1) is 15.6 Å². The number of carbonyl (C=O) groups is 2. The summed E-state index contributed by atoms with van der Waals surface area (Å²) in [5.74, 6) is -1.43. The Bertz CT molecular complexity index is 1210. The molecule has 0 aromatic heterocycles. The van der Waals surface area contributed by atoms with E-state index >= 15 is 0 Å². The van der Waals surface area contributed by atoms with Crippen LogP contribution in [0, 0.1) is 6.92 Å². The Labute approximate surface area is 214 Å². The highest BCUT2D eigenvalue weighted by molar-refractivity contribution is 7.80. The molecule has 0 aliphatic heterocycles. The third-order valence-electron chi connectivity index (χ3n) is 5.41. The zero-order valence-electron chi connectivity index (χ0n) is 18.7. The minimum atomic E-state index is -1.00. The Morgan fingerprint density at radius 2 is 1.59 bits per heavy atom. The van der Waals surface area contributed by atoms with Crippen LogP contribution in [0.3, 0.4) is 0 Å². The van der Waals surface area contributed by atoms with E-state index in [2.05, 4.69) is 10.6 Å². The molecule has 3 aromatic carbocycles. The molecule has 0 saturated heterocycles. The fraction of sp³-hybridized carbons (Fsp3) is 0.192. The number of aryl methyl sites for hydroxylation is 2. The summed E-state index contributed by atoms with van der Waals surface area (Å²) in [5.41, 5.74) is 4.45. The maximum absolute atomic E-state index is 12.6. The molecule has 1 atom stereocenters. The van der Waals surface area contributed by atoms with Gasteiger partial charge in [-0.15, -0.1) is 0 Å². The van der Waals surface area contributed by atoms with Crippen molar-refractivity contribution < 1.29 is 14.7 Å². The third kappa shape index (κ3) is 6.14. The molecule has 0 aliphatic carbocycles. The summed E-state index contributed by atoms with van der Waals surface area (Å²) in [7, 11) is 0. The van der Waals surface area contributed by atoms with Crippen molar-refractivity contribution in [3.05, 3.63) is 98.5 Å². The maximum atomic E-state index is 12.6. The molecule has 0 aliphatic rings. The zero-order chi connectivity index (χ0) is 24.8. The molecule has 8 heteroatoms. The van der Waals surface area contributed by atoms with Gasteiger partial charge in [0.2, 0.25) is 0 Å². The highest BCUT2D eigenvalue weighted by Gasteiger charge is 2.21. The van der Waals surface area contributed by atoms with E-state index in [0.717, 1.165) is 28.7 Å². The number of carboxylic acid groups (broad SMARTS) is 1. The van der Waals surface area contributed by atoms with Crippen molar-refractivity contribution in [1.82, 2.24) is 5.32 Å². The molecule has 0 radical (unpaired) electrons. The molecule has 3 aromatic rings. The predicted octanol–water partition coefficient (Wildman–Crippen LogP) is 6.08. The summed E-state index contributed by atoms with van der Waals surface area (Å²) >= 11 is 17.8. The molecule has 34 heavy (non-hydrogen) atoms. The maximum Gasteiger partial charge on any atom is 0.326 e. The van der Waals surface area contributed by atoms with Gasteiger partial charge in [-0.2, -0.15) is 0 Å². The van der Waals surface area contributed by atoms with Gasteiger partial charge in [0.1, 0.15) is 11.0 Å². The summed E-state index contributed by atoms with van der Waals surface area (Å²) < 4.78 is 0. The van der Waals surface area contributed by atoms with Crippen LogP contribution in [0.5, 0.6) is 0 Å². The van der Waals surface area contributed by atoms with Gasteiger partial charge in [-0.3, -0.25) is 4.79 Å². The number of nitrogens with one attached hydrogen (secondary N) is 2. The van der Waals surface area contributed by atoms with Crippen LogP contribution in [0.2, 0.25) is 10.0 Å². The molecular weight excluding hydrogens is 491 g/mol. The van der Waals surface area contributed by atoms with Gasteiger partial charge in [-0.25, -0.2) is 4.79 Å². The number of halogens is 2. The van der Waals surface area contributed by atoms with Crippen molar-refractivity contribution in [2.75, 3.05) is 5.32 Å². The Hall–Kier alpha value is -2.93. The average molecular weight is 515 g/mol. The smallest absolute Gasteiger partial charge is 0.326 e. The van der Waals surface area contributed by atoms with Crippen LogP contribution in [-0.2, 0) is 17.6 Å².